The third kappa shape index (κ3) is 9.70. The zero-order valence-corrected chi connectivity index (χ0v) is 26.0. The molecular weight excluding hydrogens is 704 g/mol. The SMILES string of the molecule is C=C(C)COC(C)Oc1c(Br)cc(Sc2cc(Br)c(OC(C)OCC(=C)C)c(Br)c2)cc1Br. The van der Waals surface area contributed by atoms with Gasteiger partial charge in [0, 0.05) is 9.79 Å². The number of hydrogen-bond acceptors (Lipinski definition) is 5. The van der Waals surface area contributed by atoms with E-state index in [2.05, 4.69) is 76.9 Å². The molecule has 0 aliphatic rings. The Hall–Kier alpha value is -0.290. The average Bonchev–Trinajstić information content (AvgIpc) is 2.70. The molecule has 0 spiro atoms. The van der Waals surface area contributed by atoms with E-state index in [-0.39, 0.29) is 0 Å². The summed E-state index contributed by atoms with van der Waals surface area (Å²) in [7, 11) is 0. The van der Waals surface area contributed by atoms with Gasteiger partial charge in [-0.25, -0.2) is 0 Å². The lowest BCUT2D eigenvalue weighted by Gasteiger charge is -2.19. The zero-order chi connectivity index (χ0) is 24.7. The molecule has 0 amide bonds. The van der Waals surface area contributed by atoms with Gasteiger partial charge in [0.2, 0.25) is 0 Å². The third-order valence-corrected chi connectivity index (χ3v) is 7.17. The van der Waals surface area contributed by atoms with Gasteiger partial charge in [-0.1, -0.05) is 36.1 Å². The van der Waals surface area contributed by atoms with E-state index in [0.29, 0.717) is 24.7 Å². The van der Waals surface area contributed by atoms with Crippen molar-refractivity contribution >= 4 is 75.5 Å². The summed E-state index contributed by atoms with van der Waals surface area (Å²) in [6.45, 7) is 16.1. The average molecular weight is 730 g/mol. The minimum atomic E-state index is -0.408. The molecule has 0 aliphatic carbocycles. The highest BCUT2D eigenvalue weighted by molar-refractivity contribution is 9.11. The second-order valence-corrected chi connectivity index (χ2v) is 12.0. The minimum Gasteiger partial charge on any atom is -0.463 e. The zero-order valence-electron chi connectivity index (χ0n) is 18.8. The topological polar surface area (TPSA) is 36.9 Å². The molecule has 0 radical (unpaired) electrons. The molecule has 33 heavy (non-hydrogen) atoms. The van der Waals surface area contributed by atoms with Crippen LogP contribution in [0.3, 0.4) is 0 Å². The maximum absolute atomic E-state index is 5.94. The van der Waals surface area contributed by atoms with Crippen molar-refractivity contribution in [1.82, 2.24) is 0 Å². The molecule has 0 saturated carbocycles. The summed E-state index contributed by atoms with van der Waals surface area (Å²) in [6.07, 6.45) is -0.817. The van der Waals surface area contributed by atoms with Crippen LogP contribution in [0.4, 0.5) is 0 Å². The van der Waals surface area contributed by atoms with Crippen LogP contribution in [0.15, 0.2) is 76.3 Å². The summed E-state index contributed by atoms with van der Waals surface area (Å²) >= 11 is 16.1. The van der Waals surface area contributed by atoms with Crippen LogP contribution in [0, 0.1) is 0 Å². The monoisotopic (exact) mass is 726 g/mol. The van der Waals surface area contributed by atoms with Crippen molar-refractivity contribution in [2.75, 3.05) is 13.2 Å². The molecule has 180 valence electrons. The van der Waals surface area contributed by atoms with E-state index in [1.807, 2.05) is 52.0 Å². The fraction of sp³-hybridized carbons (Fsp3) is 0.333. The summed E-state index contributed by atoms with van der Waals surface area (Å²) in [5, 5.41) is 0. The number of rotatable bonds is 12. The number of benzene rings is 2. The maximum Gasteiger partial charge on any atom is 0.197 e. The Morgan fingerprint density at radius 1 is 0.727 bits per heavy atom. The lowest BCUT2D eigenvalue weighted by Crippen LogP contribution is -2.17. The highest BCUT2D eigenvalue weighted by Crippen LogP contribution is 2.43. The normalized spacial score (nSPS) is 12.8. The smallest absolute Gasteiger partial charge is 0.197 e. The maximum atomic E-state index is 5.94. The predicted octanol–water partition coefficient (Wildman–Crippen LogP) is 9.52. The van der Waals surface area contributed by atoms with Crippen LogP contribution < -0.4 is 9.47 Å². The molecule has 4 nitrogen and oxygen atoms in total. The van der Waals surface area contributed by atoms with Crippen LogP contribution in [0.1, 0.15) is 27.7 Å². The number of ether oxygens (including phenoxy) is 4. The molecule has 0 saturated heterocycles. The van der Waals surface area contributed by atoms with Crippen LogP contribution in [-0.4, -0.2) is 25.8 Å². The lowest BCUT2D eigenvalue weighted by molar-refractivity contribution is -0.0583. The van der Waals surface area contributed by atoms with Gasteiger partial charge in [0.1, 0.15) is 0 Å². The first-order chi connectivity index (χ1) is 15.5. The molecule has 2 aromatic rings. The largest absolute Gasteiger partial charge is 0.463 e. The molecule has 9 heteroatoms. The van der Waals surface area contributed by atoms with E-state index in [4.69, 9.17) is 18.9 Å². The molecule has 2 unspecified atom stereocenters. The fourth-order valence-electron chi connectivity index (χ4n) is 2.47. The van der Waals surface area contributed by atoms with E-state index < -0.39 is 12.6 Å². The van der Waals surface area contributed by atoms with Crippen molar-refractivity contribution in [3.05, 3.63) is 66.5 Å². The molecule has 2 atom stereocenters. The van der Waals surface area contributed by atoms with Crippen molar-refractivity contribution < 1.29 is 18.9 Å². The van der Waals surface area contributed by atoms with Gasteiger partial charge >= 0.3 is 0 Å². The van der Waals surface area contributed by atoms with Crippen molar-refractivity contribution in [3.8, 4) is 11.5 Å². The van der Waals surface area contributed by atoms with E-state index in [9.17, 15) is 0 Å². The molecule has 0 N–H and O–H groups in total. The minimum absolute atomic E-state index is 0.408. The van der Waals surface area contributed by atoms with Gasteiger partial charge < -0.3 is 18.9 Å². The van der Waals surface area contributed by atoms with E-state index in [0.717, 1.165) is 38.8 Å². The van der Waals surface area contributed by atoms with Gasteiger partial charge in [-0.3, -0.25) is 0 Å². The van der Waals surface area contributed by atoms with Crippen LogP contribution in [0.5, 0.6) is 11.5 Å². The van der Waals surface area contributed by atoms with Gasteiger partial charge in [0.15, 0.2) is 24.1 Å². The Kier molecular flexibility index (Phi) is 12.0. The highest BCUT2D eigenvalue weighted by atomic mass is 79.9. The Bertz CT molecular complexity index is 886. The van der Waals surface area contributed by atoms with E-state index in [1.165, 1.54) is 0 Å². The van der Waals surface area contributed by atoms with Gasteiger partial charge in [-0.2, -0.15) is 0 Å². The molecule has 0 heterocycles. The number of halogens is 4. The second kappa shape index (κ2) is 13.7. The van der Waals surface area contributed by atoms with Gasteiger partial charge in [-0.05, 0) is 116 Å². The fourth-order valence-corrected chi connectivity index (χ4v) is 6.80. The summed E-state index contributed by atoms with van der Waals surface area (Å²) in [5.74, 6) is 1.37. The molecular formula is C24H26Br4O4S. The first kappa shape index (κ1) is 28.9. The second-order valence-electron chi connectivity index (χ2n) is 7.44. The third-order valence-electron chi connectivity index (χ3n) is 3.88. The summed E-state index contributed by atoms with van der Waals surface area (Å²) in [4.78, 5) is 2.06. The summed E-state index contributed by atoms with van der Waals surface area (Å²) in [6, 6.07) is 8.04. The predicted molar refractivity (Wildman–Crippen MR) is 150 cm³/mol. The van der Waals surface area contributed by atoms with E-state index in [1.54, 1.807) is 11.8 Å². The molecule has 2 rings (SSSR count). The molecule has 0 aliphatic heterocycles. The highest BCUT2D eigenvalue weighted by Gasteiger charge is 2.16. The van der Waals surface area contributed by atoms with Crippen molar-refractivity contribution in [1.29, 1.82) is 0 Å². The first-order valence-corrected chi connectivity index (χ1v) is 14.0. The summed E-state index contributed by atoms with van der Waals surface area (Å²) in [5.41, 5.74) is 1.89. The van der Waals surface area contributed by atoms with Crippen LogP contribution in [0.25, 0.3) is 0 Å². The molecule has 2 aromatic carbocycles. The Morgan fingerprint density at radius 2 is 1.03 bits per heavy atom. The Morgan fingerprint density at radius 3 is 1.30 bits per heavy atom. The van der Waals surface area contributed by atoms with Crippen molar-refractivity contribution in [3.63, 3.8) is 0 Å². The molecule has 0 aromatic heterocycles. The van der Waals surface area contributed by atoms with Crippen LogP contribution in [-0.2, 0) is 9.47 Å². The Balaban J connectivity index is 2.12. The van der Waals surface area contributed by atoms with Crippen LogP contribution in [0.2, 0.25) is 0 Å². The van der Waals surface area contributed by atoms with Crippen molar-refractivity contribution in [2.24, 2.45) is 0 Å². The first-order valence-electron chi connectivity index (χ1n) is 9.97. The van der Waals surface area contributed by atoms with Gasteiger partial charge in [0.25, 0.3) is 0 Å². The lowest BCUT2D eigenvalue weighted by atomic mass is 10.3. The van der Waals surface area contributed by atoms with Gasteiger partial charge in [-0.15, -0.1) is 0 Å². The van der Waals surface area contributed by atoms with Crippen molar-refractivity contribution in [2.45, 2.75) is 50.1 Å². The standard InChI is InChI=1S/C24H26Br4O4S/c1-13(2)11-29-15(5)31-23-19(25)7-17(8-20(23)26)33-18-9-21(27)24(22(28)10-18)32-16(6)30-12-14(3)4/h7-10,15-16H,1,3,11-12H2,2,4-6H3. The summed E-state index contributed by atoms with van der Waals surface area (Å²) < 4.78 is 26.4. The van der Waals surface area contributed by atoms with Crippen LogP contribution >= 0.6 is 75.5 Å². The molecule has 0 bridgehead atoms. The van der Waals surface area contributed by atoms with Gasteiger partial charge in [0.05, 0.1) is 31.1 Å². The Labute approximate surface area is 234 Å². The molecule has 0 fully saturated rings. The number of hydrogen-bond donors (Lipinski definition) is 0. The van der Waals surface area contributed by atoms with E-state index >= 15 is 0 Å². The quantitative estimate of drug-likeness (QED) is 0.161.